The van der Waals surface area contributed by atoms with E-state index in [9.17, 15) is 0 Å². The van der Waals surface area contributed by atoms with Crippen molar-refractivity contribution in [2.75, 3.05) is 0 Å². The molecule has 8 rings (SSSR count). The first kappa shape index (κ1) is 21.3. The van der Waals surface area contributed by atoms with Crippen molar-refractivity contribution in [2.24, 2.45) is 0 Å². The molecule has 2 heterocycles. The van der Waals surface area contributed by atoms with Gasteiger partial charge in [-0.25, -0.2) is 0 Å². The van der Waals surface area contributed by atoms with E-state index < -0.39 is 5.41 Å². The van der Waals surface area contributed by atoms with Crippen LogP contribution in [-0.2, 0) is 10.8 Å². The molecule has 178 valence electrons. The zero-order chi connectivity index (χ0) is 25.1. The molecule has 0 N–H and O–H groups in total. The lowest BCUT2D eigenvalue weighted by molar-refractivity contribution is 0.587. The highest BCUT2D eigenvalue weighted by Crippen LogP contribution is 2.61. The lowest BCUT2D eigenvalue weighted by Gasteiger charge is -2.40. The summed E-state index contributed by atoms with van der Waals surface area (Å²) in [5.41, 5.74) is 12.5. The van der Waals surface area contributed by atoms with Crippen molar-refractivity contribution in [2.45, 2.75) is 31.6 Å². The number of hydrogen-bond donors (Lipinski definition) is 0. The van der Waals surface area contributed by atoms with Gasteiger partial charge in [-0.15, -0.1) is 0 Å². The van der Waals surface area contributed by atoms with Crippen LogP contribution in [0.5, 0.6) is 0 Å². The smallest absolute Gasteiger partial charge is 0.0755 e. The number of rotatable bonds is 0. The Morgan fingerprint density at radius 2 is 1.27 bits per heavy atom. The molecular formula is C35H26ClN. The van der Waals surface area contributed by atoms with E-state index in [1.165, 1.54) is 66.4 Å². The normalized spacial score (nSPS) is 14.7. The maximum absolute atomic E-state index is 6.97. The summed E-state index contributed by atoms with van der Waals surface area (Å²) >= 11 is 6.97. The van der Waals surface area contributed by atoms with Crippen LogP contribution in [0.25, 0.3) is 38.6 Å². The van der Waals surface area contributed by atoms with Crippen LogP contribution >= 0.6 is 11.6 Å². The van der Waals surface area contributed by atoms with Crippen molar-refractivity contribution in [3.8, 4) is 16.8 Å². The highest BCUT2D eigenvalue weighted by Gasteiger charge is 2.51. The molecule has 0 amide bonds. The first-order chi connectivity index (χ1) is 17.9. The van der Waals surface area contributed by atoms with Gasteiger partial charge in [-0.05, 0) is 68.6 Å². The molecule has 0 fully saturated rings. The Morgan fingerprint density at radius 3 is 1.97 bits per heavy atom. The third-order valence-corrected chi connectivity index (χ3v) is 8.82. The third kappa shape index (κ3) is 2.51. The Bertz CT molecular complexity index is 1890. The lowest BCUT2D eigenvalue weighted by Crippen LogP contribution is -2.34. The van der Waals surface area contributed by atoms with Crippen LogP contribution in [0.4, 0.5) is 0 Å². The van der Waals surface area contributed by atoms with Crippen LogP contribution in [0.15, 0.2) is 103 Å². The van der Waals surface area contributed by atoms with E-state index in [0.717, 1.165) is 5.02 Å². The number of halogens is 1. The number of nitrogens with zero attached hydrogens (tertiary/aromatic N) is 1. The topological polar surface area (TPSA) is 4.93 Å². The largest absolute Gasteiger partial charge is 0.309 e. The van der Waals surface area contributed by atoms with E-state index in [-0.39, 0.29) is 5.41 Å². The van der Waals surface area contributed by atoms with Gasteiger partial charge in [0.25, 0.3) is 0 Å². The van der Waals surface area contributed by atoms with Gasteiger partial charge in [0, 0.05) is 15.8 Å². The minimum absolute atomic E-state index is 0.0244. The van der Waals surface area contributed by atoms with Crippen molar-refractivity contribution in [3.63, 3.8) is 0 Å². The van der Waals surface area contributed by atoms with E-state index in [4.69, 9.17) is 11.6 Å². The van der Waals surface area contributed by atoms with Crippen LogP contribution in [0.3, 0.4) is 0 Å². The third-order valence-electron chi connectivity index (χ3n) is 8.60. The molecule has 1 spiro atoms. The molecular weight excluding hydrogens is 470 g/mol. The molecule has 1 aliphatic carbocycles. The SMILES string of the molecule is CC(C)(C)c1ccc2c(c1)C1(c3ccccc3-c3ccccc31)c1cc(Cl)cc3c4ccccc4n-2c13. The summed E-state index contributed by atoms with van der Waals surface area (Å²) in [4.78, 5) is 0. The zero-order valence-electron chi connectivity index (χ0n) is 21.1. The molecule has 5 aromatic carbocycles. The van der Waals surface area contributed by atoms with Crippen molar-refractivity contribution >= 4 is 33.4 Å². The molecule has 1 aliphatic heterocycles. The van der Waals surface area contributed by atoms with Crippen LogP contribution in [0, 0.1) is 0 Å². The van der Waals surface area contributed by atoms with Gasteiger partial charge in [0.05, 0.1) is 22.1 Å². The summed E-state index contributed by atoms with van der Waals surface area (Å²) in [6.45, 7) is 6.90. The second kappa shape index (κ2) is 6.94. The number of benzene rings is 5. The van der Waals surface area contributed by atoms with Gasteiger partial charge in [-0.1, -0.05) is 111 Å². The monoisotopic (exact) mass is 495 g/mol. The summed E-state index contributed by atoms with van der Waals surface area (Å²) in [5, 5.41) is 3.23. The molecule has 0 bridgehead atoms. The van der Waals surface area contributed by atoms with Crippen molar-refractivity contribution in [1.82, 2.24) is 4.57 Å². The van der Waals surface area contributed by atoms with Gasteiger partial charge in [0.1, 0.15) is 0 Å². The van der Waals surface area contributed by atoms with Crippen LogP contribution in [0.2, 0.25) is 5.02 Å². The van der Waals surface area contributed by atoms with E-state index in [1.54, 1.807) is 0 Å². The van der Waals surface area contributed by atoms with Gasteiger partial charge in [0.2, 0.25) is 0 Å². The Balaban J connectivity index is 1.69. The lowest BCUT2D eigenvalue weighted by atomic mass is 9.64. The summed E-state index contributed by atoms with van der Waals surface area (Å²) in [6, 6.07) is 38.2. The number of para-hydroxylation sites is 1. The first-order valence-electron chi connectivity index (χ1n) is 13.0. The van der Waals surface area contributed by atoms with E-state index in [1.807, 2.05) is 0 Å². The number of aromatic nitrogens is 1. The van der Waals surface area contributed by atoms with E-state index in [2.05, 4.69) is 128 Å². The highest BCUT2D eigenvalue weighted by atomic mass is 35.5. The second-order valence-corrected chi connectivity index (χ2v) is 12.0. The fourth-order valence-electron chi connectivity index (χ4n) is 7.06. The predicted molar refractivity (Wildman–Crippen MR) is 155 cm³/mol. The first-order valence-corrected chi connectivity index (χ1v) is 13.4. The van der Waals surface area contributed by atoms with E-state index >= 15 is 0 Å². The maximum Gasteiger partial charge on any atom is 0.0755 e. The van der Waals surface area contributed by atoms with Crippen LogP contribution in [0.1, 0.15) is 48.6 Å². The minimum atomic E-state index is -0.447. The molecule has 2 aliphatic rings. The fourth-order valence-corrected chi connectivity index (χ4v) is 7.27. The van der Waals surface area contributed by atoms with Crippen molar-refractivity contribution < 1.29 is 0 Å². The maximum atomic E-state index is 6.97. The molecule has 0 unspecified atom stereocenters. The molecule has 0 radical (unpaired) electrons. The second-order valence-electron chi connectivity index (χ2n) is 11.5. The standard InChI is InChI=1S/C35H26ClN/c1-34(2,3)21-16-17-32-29(18-21)35(27-13-7-4-10-23(27)24-11-5-8-14-28(24)35)30-20-22(36)19-26-25-12-6-9-15-31(25)37(32)33(26)30/h4-20H,1-3H3. The molecule has 0 atom stereocenters. The van der Waals surface area contributed by atoms with Crippen molar-refractivity contribution in [1.29, 1.82) is 0 Å². The Hall–Kier alpha value is -3.81. The zero-order valence-corrected chi connectivity index (χ0v) is 21.9. The van der Waals surface area contributed by atoms with Crippen LogP contribution < -0.4 is 0 Å². The minimum Gasteiger partial charge on any atom is -0.309 e. The molecule has 1 nitrogen and oxygen atoms in total. The molecule has 2 heteroatoms. The quantitative estimate of drug-likeness (QED) is 0.197. The number of fused-ring (bicyclic) bond motifs is 12. The number of hydrogen-bond acceptors (Lipinski definition) is 0. The van der Waals surface area contributed by atoms with Crippen molar-refractivity contribution in [3.05, 3.63) is 136 Å². The molecule has 6 aromatic rings. The van der Waals surface area contributed by atoms with Crippen LogP contribution in [-0.4, -0.2) is 4.57 Å². The van der Waals surface area contributed by atoms with Gasteiger partial charge in [0.15, 0.2) is 0 Å². The summed E-state index contributed by atoms with van der Waals surface area (Å²) in [7, 11) is 0. The Kier molecular flexibility index (Phi) is 3.99. The molecule has 0 saturated carbocycles. The molecule has 1 aromatic heterocycles. The highest BCUT2D eigenvalue weighted by molar-refractivity contribution is 6.32. The Morgan fingerprint density at radius 1 is 0.622 bits per heavy atom. The average Bonchev–Trinajstić information content (AvgIpc) is 3.38. The fraction of sp³-hybridized carbons (Fsp3) is 0.143. The van der Waals surface area contributed by atoms with Gasteiger partial charge in [-0.3, -0.25) is 0 Å². The van der Waals surface area contributed by atoms with Gasteiger partial charge in [-0.2, -0.15) is 0 Å². The molecule has 0 saturated heterocycles. The molecule has 37 heavy (non-hydrogen) atoms. The Labute approximate surface area is 222 Å². The summed E-state index contributed by atoms with van der Waals surface area (Å²) in [6.07, 6.45) is 0. The van der Waals surface area contributed by atoms with E-state index in [0.29, 0.717) is 0 Å². The average molecular weight is 496 g/mol. The van der Waals surface area contributed by atoms with Gasteiger partial charge < -0.3 is 4.57 Å². The summed E-state index contributed by atoms with van der Waals surface area (Å²) in [5.74, 6) is 0. The predicted octanol–water partition coefficient (Wildman–Crippen LogP) is 9.41. The van der Waals surface area contributed by atoms with Gasteiger partial charge >= 0.3 is 0 Å². The summed E-state index contributed by atoms with van der Waals surface area (Å²) < 4.78 is 2.48.